The van der Waals surface area contributed by atoms with Gasteiger partial charge in [-0.05, 0) is 66.9 Å². The summed E-state index contributed by atoms with van der Waals surface area (Å²) < 4.78 is 5.46. The minimum absolute atomic E-state index is 0.145. The topological polar surface area (TPSA) is 106 Å². The quantitative estimate of drug-likeness (QED) is 0.121. The number of nitrogens with one attached hydrogen (secondary N) is 1. The maximum Gasteiger partial charge on any atom is 0.412 e. The first kappa shape index (κ1) is 33.7. The standard InChI is InChI=1S/C32H40N4O5S3/c1-22-26(34(2)3)13-14-28-31(22)44-29-20-24(35(4)16-5-6-30(38)39)9-12-27(29)36(28)21-23-7-10-25(11-8-23)41-32(40)33-15-18-42-43-19-17-37/h7-14,20,37H,5-6,15-19,21H2,1-4H3,(H,33,40)(H,38,39). The minimum atomic E-state index is -0.777. The van der Waals surface area contributed by atoms with Crippen LogP contribution in [0.15, 0.2) is 64.4 Å². The third-order valence-electron chi connectivity index (χ3n) is 7.09. The van der Waals surface area contributed by atoms with Gasteiger partial charge in [0, 0.05) is 79.9 Å². The Labute approximate surface area is 271 Å². The van der Waals surface area contributed by atoms with Gasteiger partial charge in [-0.15, -0.1) is 0 Å². The van der Waals surface area contributed by atoms with Gasteiger partial charge < -0.3 is 35.0 Å². The number of anilines is 4. The maximum absolute atomic E-state index is 12.2. The highest BCUT2D eigenvalue weighted by Gasteiger charge is 2.27. The summed E-state index contributed by atoms with van der Waals surface area (Å²) in [6.07, 6.45) is 0.246. The molecule has 0 unspecified atom stereocenters. The van der Waals surface area contributed by atoms with Crippen LogP contribution >= 0.6 is 33.3 Å². The molecular weight excluding hydrogens is 617 g/mol. The first-order chi connectivity index (χ1) is 21.2. The summed E-state index contributed by atoms with van der Waals surface area (Å²) in [6.45, 7) is 4.09. The van der Waals surface area contributed by atoms with Crippen molar-refractivity contribution in [1.29, 1.82) is 0 Å². The molecule has 12 heteroatoms. The summed E-state index contributed by atoms with van der Waals surface area (Å²) in [5.74, 6) is 1.10. The van der Waals surface area contributed by atoms with Crippen molar-refractivity contribution in [3.05, 3.63) is 65.7 Å². The Hall–Kier alpha value is -3.19. The van der Waals surface area contributed by atoms with Gasteiger partial charge in [0.1, 0.15) is 5.75 Å². The molecule has 0 radical (unpaired) electrons. The Kier molecular flexibility index (Phi) is 12.4. The van der Waals surface area contributed by atoms with Gasteiger partial charge in [-0.2, -0.15) is 0 Å². The number of aliphatic hydroxyl groups is 1. The normalized spacial score (nSPS) is 11.9. The molecule has 9 nitrogen and oxygen atoms in total. The van der Waals surface area contributed by atoms with Crippen LogP contribution in [0.3, 0.4) is 0 Å². The van der Waals surface area contributed by atoms with Crippen LogP contribution in [0.2, 0.25) is 0 Å². The average Bonchev–Trinajstić information content (AvgIpc) is 2.99. The predicted molar refractivity (Wildman–Crippen MR) is 185 cm³/mol. The lowest BCUT2D eigenvalue weighted by molar-refractivity contribution is -0.137. The van der Waals surface area contributed by atoms with E-state index in [9.17, 15) is 9.59 Å². The van der Waals surface area contributed by atoms with E-state index in [1.165, 1.54) is 16.1 Å². The van der Waals surface area contributed by atoms with Crippen molar-refractivity contribution >= 4 is 68.2 Å². The molecule has 4 rings (SSSR count). The molecular formula is C32H40N4O5S3. The van der Waals surface area contributed by atoms with E-state index in [0.29, 0.717) is 37.6 Å². The third-order valence-corrected chi connectivity index (χ3v) is 10.7. The molecule has 0 aromatic heterocycles. The van der Waals surface area contributed by atoms with Gasteiger partial charge in [0.25, 0.3) is 0 Å². The van der Waals surface area contributed by atoms with Crippen LogP contribution in [0.25, 0.3) is 0 Å². The summed E-state index contributed by atoms with van der Waals surface area (Å²) >= 11 is 1.77. The maximum atomic E-state index is 12.2. The minimum Gasteiger partial charge on any atom is -0.481 e. The second-order valence-corrected chi connectivity index (χ2v) is 14.3. The lowest BCUT2D eigenvalue weighted by atomic mass is 10.1. The van der Waals surface area contributed by atoms with E-state index in [4.69, 9.17) is 14.9 Å². The molecule has 0 saturated heterocycles. The number of ether oxygens (including phenoxy) is 1. The zero-order chi connectivity index (χ0) is 31.6. The zero-order valence-corrected chi connectivity index (χ0v) is 28.0. The van der Waals surface area contributed by atoms with E-state index < -0.39 is 12.1 Å². The highest BCUT2D eigenvalue weighted by atomic mass is 33.1. The van der Waals surface area contributed by atoms with Crippen molar-refractivity contribution in [2.45, 2.75) is 36.1 Å². The number of aliphatic hydroxyl groups excluding tert-OH is 1. The fourth-order valence-electron chi connectivity index (χ4n) is 4.88. The van der Waals surface area contributed by atoms with E-state index in [1.54, 1.807) is 33.3 Å². The zero-order valence-electron chi connectivity index (χ0n) is 25.5. The lowest BCUT2D eigenvalue weighted by Gasteiger charge is -2.35. The first-order valence-corrected chi connectivity index (χ1v) is 17.7. The number of fused-ring (bicyclic) bond motifs is 2. The van der Waals surface area contributed by atoms with E-state index in [1.807, 2.05) is 31.3 Å². The van der Waals surface area contributed by atoms with Crippen molar-refractivity contribution in [2.75, 3.05) is 67.0 Å². The fraction of sp³-hybridized carbons (Fsp3) is 0.375. The molecule has 0 atom stereocenters. The van der Waals surface area contributed by atoms with Gasteiger partial charge in [0.15, 0.2) is 0 Å². The molecule has 0 bridgehead atoms. The molecule has 1 aliphatic rings. The number of hydrogen-bond acceptors (Lipinski definition) is 10. The number of carbonyl (C=O) groups excluding carboxylic acids is 1. The number of carbonyl (C=O) groups is 2. The van der Waals surface area contributed by atoms with Crippen LogP contribution in [-0.4, -0.2) is 74.6 Å². The second-order valence-electron chi connectivity index (χ2n) is 10.5. The Morgan fingerprint density at radius 1 is 1.00 bits per heavy atom. The van der Waals surface area contributed by atoms with Crippen LogP contribution in [-0.2, 0) is 11.3 Å². The van der Waals surface area contributed by atoms with Gasteiger partial charge in [-0.25, -0.2) is 4.79 Å². The van der Waals surface area contributed by atoms with Crippen LogP contribution in [0.1, 0.15) is 24.0 Å². The number of amides is 1. The van der Waals surface area contributed by atoms with Gasteiger partial charge >= 0.3 is 12.1 Å². The van der Waals surface area contributed by atoms with E-state index in [-0.39, 0.29) is 13.0 Å². The van der Waals surface area contributed by atoms with Crippen molar-refractivity contribution < 1.29 is 24.5 Å². The molecule has 1 heterocycles. The summed E-state index contributed by atoms with van der Waals surface area (Å²) in [5.41, 5.74) is 6.76. The molecule has 1 amide bonds. The Morgan fingerprint density at radius 3 is 2.43 bits per heavy atom. The van der Waals surface area contributed by atoms with Crippen molar-refractivity contribution in [1.82, 2.24) is 5.32 Å². The molecule has 0 aliphatic carbocycles. The molecule has 236 valence electrons. The highest BCUT2D eigenvalue weighted by Crippen LogP contribution is 2.52. The van der Waals surface area contributed by atoms with E-state index in [2.05, 4.69) is 71.4 Å². The van der Waals surface area contributed by atoms with Crippen LogP contribution in [0, 0.1) is 6.92 Å². The summed E-state index contributed by atoms with van der Waals surface area (Å²) in [5, 5.41) is 20.6. The molecule has 3 aromatic rings. The molecule has 0 fully saturated rings. The molecule has 0 saturated carbocycles. The molecule has 0 spiro atoms. The largest absolute Gasteiger partial charge is 0.481 e. The van der Waals surface area contributed by atoms with Gasteiger partial charge in [0.2, 0.25) is 0 Å². The molecule has 3 N–H and O–H groups in total. The van der Waals surface area contributed by atoms with Crippen LogP contribution in [0.4, 0.5) is 27.5 Å². The average molecular weight is 657 g/mol. The molecule has 44 heavy (non-hydrogen) atoms. The van der Waals surface area contributed by atoms with Gasteiger partial charge in [0.05, 0.1) is 18.0 Å². The van der Waals surface area contributed by atoms with Crippen molar-refractivity contribution in [2.24, 2.45) is 0 Å². The summed E-state index contributed by atoms with van der Waals surface area (Å²) in [6, 6.07) is 18.4. The van der Waals surface area contributed by atoms with Gasteiger partial charge in [-0.1, -0.05) is 45.5 Å². The first-order valence-electron chi connectivity index (χ1n) is 14.4. The third kappa shape index (κ3) is 8.93. The van der Waals surface area contributed by atoms with Crippen molar-refractivity contribution in [3.8, 4) is 5.75 Å². The Morgan fingerprint density at radius 2 is 1.73 bits per heavy atom. The second kappa shape index (κ2) is 16.2. The van der Waals surface area contributed by atoms with Crippen molar-refractivity contribution in [3.63, 3.8) is 0 Å². The number of hydrogen-bond donors (Lipinski definition) is 3. The monoisotopic (exact) mass is 656 g/mol. The number of aliphatic carboxylic acids is 1. The number of rotatable bonds is 15. The number of carboxylic acid groups (broad SMARTS) is 1. The number of nitrogens with zero attached hydrogens (tertiary/aromatic N) is 3. The van der Waals surface area contributed by atoms with Gasteiger partial charge in [-0.3, -0.25) is 4.79 Å². The SMILES string of the molecule is Cc1c(N(C)C)ccc2c1Sc1cc(N(C)CCCC(=O)O)ccc1N2Cc1ccc(OC(=O)NCCSSCCO)cc1. The predicted octanol–water partition coefficient (Wildman–Crippen LogP) is 6.63. The molecule has 3 aromatic carbocycles. The van der Waals surface area contributed by atoms with Crippen LogP contribution in [0.5, 0.6) is 5.75 Å². The lowest BCUT2D eigenvalue weighted by Crippen LogP contribution is -2.28. The Balaban J connectivity index is 1.51. The fourth-order valence-corrected chi connectivity index (χ4v) is 7.78. The summed E-state index contributed by atoms with van der Waals surface area (Å²) in [4.78, 5) is 32.1. The highest BCUT2D eigenvalue weighted by molar-refractivity contribution is 8.76. The van der Waals surface area contributed by atoms with E-state index in [0.717, 1.165) is 33.3 Å². The Bertz CT molecular complexity index is 1440. The number of benzene rings is 3. The summed E-state index contributed by atoms with van der Waals surface area (Å²) in [7, 11) is 9.28. The van der Waals surface area contributed by atoms with E-state index >= 15 is 0 Å². The van der Waals surface area contributed by atoms with Crippen LogP contribution < -0.4 is 24.8 Å². The molecule has 1 aliphatic heterocycles. The smallest absolute Gasteiger partial charge is 0.412 e. The number of carboxylic acids is 1.